The van der Waals surface area contributed by atoms with Crippen LogP contribution in [0.1, 0.15) is 11.1 Å². The van der Waals surface area contributed by atoms with Gasteiger partial charge in [-0.05, 0) is 31.0 Å². The predicted molar refractivity (Wildman–Crippen MR) is 83.1 cm³/mol. The Hall–Kier alpha value is -2.29. The normalized spacial score (nSPS) is 13.5. The molecule has 2 heterocycles. The van der Waals surface area contributed by atoms with Gasteiger partial charge in [-0.25, -0.2) is 4.98 Å². The monoisotopic (exact) mass is 263 g/mol. The lowest BCUT2D eigenvalue weighted by Crippen LogP contribution is -1.92. The molecule has 0 saturated heterocycles. The molecule has 1 aliphatic heterocycles. The molecule has 0 radical (unpaired) electrons. The minimum atomic E-state index is 1.03. The van der Waals surface area contributed by atoms with Crippen molar-refractivity contribution in [2.24, 2.45) is 7.05 Å². The van der Waals surface area contributed by atoms with Gasteiger partial charge in [0.15, 0.2) is 0 Å². The van der Waals surface area contributed by atoms with E-state index in [1.807, 2.05) is 0 Å². The maximum Gasteiger partial charge on any atom is 0.140 e. The van der Waals surface area contributed by atoms with E-state index in [0.717, 1.165) is 24.3 Å². The van der Waals surface area contributed by atoms with Crippen LogP contribution in [0, 0.1) is 6.92 Å². The second kappa shape index (κ2) is 4.10. The lowest BCUT2D eigenvalue weighted by molar-refractivity contribution is 0.957. The average Bonchev–Trinajstić information content (AvgIpc) is 3.02. The zero-order valence-electron chi connectivity index (χ0n) is 11.8. The van der Waals surface area contributed by atoms with Crippen LogP contribution in [0.2, 0.25) is 0 Å². The first-order chi connectivity index (χ1) is 9.72. The van der Waals surface area contributed by atoms with Crippen LogP contribution >= 0.6 is 0 Å². The maximum absolute atomic E-state index is 4.81. The minimum absolute atomic E-state index is 1.03. The molecule has 3 nitrogen and oxygen atoms in total. The molecular weight excluding hydrogens is 246 g/mol. The van der Waals surface area contributed by atoms with E-state index in [1.54, 1.807) is 0 Å². The third kappa shape index (κ3) is 1.63. The van der Waals surface area contributed by atoms with Crippen LogP contribution in [-0.4, -0.2) is 16.1 Å². The van der Waals surface area contributed by atoms with Gasteiger partial charge in [-0.15, -0.1) is 0 Å². The van der Waals surface area contributed by atoms with Gasteiger partial charge in [-0.3, -0.25) is 0 Å². The van der Waals surface area contributed by atoms with E-state index in [9.17, 15) is 0 Å². The Balaban J connectivity index is 1.93. The van der Waals surface area contributed by atoms with Gasteiger partial charge in [-0.2, -0.15) is 0 Å². The lowest BCUT2D eigenvalue weighted by Gasteiger charge is -2.03. The van der Waals surface area contributed by atoms with Crippen molar-refractivity contribution in [3.8, 4) is 11.4 Å². The van der Waals surface area contributed by atoms with Crippen LogP contribution < -0.4 is 5.32 Å². The highest BCUT2D eigenvalue weighted by molar-refractivity contribution is 5.86. The van der Waals surface area contributed by atoms with Crippen LogP contribution in [-0.2, 0) is 13.5 Å². The van der Waals surface area contributed by atoms with Gasteiger partial charge in [0.1, 0.15) is 5.82 Å². The Morgan fingerprint density at radius 2 is 1.95 bits per heavy atom. The Labute approximate surface area is 118 Å². The number of imidazole rings is 1. The van der Waals surface area contributed by atoms with Crippen molar-refractivity contribution in [2.75, 3.05) is 11.9 Å². The molecule has 20 heavy (non-hydrogen) atoms. The van der Waals surface area contributed by atoms with Crippen LogP contribution in [0.5, 0.6) is 0 Å². The third-order valence-electron chi connectivity index (χ3n) is 4.13. The fourth-order valence-electron chi connectivity index (χ4n) is 2.95. The topological polar surface area (TPSA) is 29.9 Å². The van der Waals surface area contributed by atoms with Crippen molar-refractivity contribution in [3.05, 3.63) is 47.5 Å². The molecule has 0 bridgehead atoms. The first kappa shape index (κ1) is 11.5. The van der Waals surface area contributed by atoms with Gasteiger partial charge in [0.05, 0.1) is 11.0 Å². The molecule has 1 aliphatic rings. The Kier molecular flexibility index (Phi) is 2.36. The van der Waals surface area contributed by atoms with E-state index in [-0.39, 0.29) is 0 Å². The number of nitrogens with one attached hydrogen (secondary N) is 1. The van der Waals surface area contributed by atoms with Crippen molar-refractivity contribution in [2.45, 2.75) is 13.3 Å². The lowest BCUT2D eigenvalue weighted by atomic mass is 10.1. The van der Waals surface area contributed by atoms with E-state index in [1.165, 1.54) is 27.9 Å². The molecule has 4 rings (SSSR count). The third-order valence-corrected chi connectivity index (χ3v) is 4.13. The second-order valence-electron chi connectivity index (χ2n) is 5.54. The summed E-state index contributed by atoms with van der Waals surface area (Å²) in [5, 5.41) is 3.42. The Bertz CT molecular complexity index is 797. The van der Waals surface area contributed by atoms with Crippen LogP contribution in [0.15, 0.2) is 36.4 Å². The molecule has 0 spiro atoms. The maximum atomic E-state index is 4.81. The van der Waals surface area contributed by atoms with Gasteiger partial charge in [0.25, 0.3) is 0 Å². The summed E-state index contributed by atoms with van der Waals surface area (Å²) in [5.41, 5.74) is 7.36. The number of nitrogens with zero attached hydrogens (tertiary/aromatic N) is 2. The molecule has 0 saturated carbocycles. The second-order valence-corrected chi connectivity index (χ2v) is 5.54. The molecule has 0 aliphatic carbocycles. The van der Waals surface area contributed by atoms with E-state index in [2.05, 4.69) is 60.3 Å². The van der Waals surface area contributed by atoms with Crippen molar-refractivity contribution in [1.29, 1.82) is 0 Å². The SMILES string of the molecule is Cc1ccc(-c2nc3cc4c(cc3n2C)CCN4)cc1. The summed E-state index contributed by atoms with van der Waals surface area (Å²) in [6, 6.07) is 13.0. The molecule has 100 valence electrons. The van der Waals surface area contributed by atoms with Crippen LogP contribution in [0.3, 0.4) is 0 Å². The summed E-state index contributed by atoms with van der Waals surface area (Å²) in [5.74, 6) is 1.03. The summed E-state index contributed by atoms with van der Waals surface area (Å²) < 4.78 is 2.19. The van der Waals surface area contributed by atoms with Crippen molar-refractivity contribution in [3.63, 3.8) is 0 Å². The van der Waals surface area contributed by atoms with Gasteiger partial charge in [0, 0.05) is 24.8 Å². The molecular formula is C17H17N3. The number of hydrogen-bond acceptors (Lipinski definition) is 2. The highest BCUT2D eigenvalue weighted by atomic mass is 15.1. The molecule has 3 heteroatoms. The average molecular weight is 263 g/mol. The summed E-state index contributed by atoms with van der Waals surface area (Å²) in [6.45, 7) is 3.14. The molecule has 0 unspecified atom stereocenters. The zero-order chi connectivity index (χ0) is 13.7. The number of benzene rings is 2. The summed E-state index contributed by atoms with van der Waals surface area (Å²) in [7, 11) is 2.10. The molecule has 0 amide bonds. The highest BCUT2D eigenvalue weighted by Gasteiger charge is 2.15. The van der Waals surface area contributed by atoms with Crippen LogP contribution in [0.4, 0.5) is 5.69 Å². The fraction of sp³-hybridized carbons (Fsp3) is 0.235. The fourth-order valence-corrected chi connectivity index (χ4v) is 2.95. The van der Waals surface area contributed by atoms with Gasteiger partial charge in [-0.1, -0.05) is 29.8 Å². The molecule has 3 aromatic rings. The summed E-state index contributed by atoms with van der Waals surface area (Å²) in [6.07, 6.45) is 1.11. The van der Waals surface area contributed by atoms with Gasteiger partial charge in [0.2, 0.25) is 0 Å². The summed E-state index contributed by atoms with van der Waals surface area (Å²) in [4.78, 5) is 4.81. The van der Waals surface area contributed by atoms with E-state index in [0.29, 0.717) is 0 Å². The Morgan fingerprint density at radius 3 is 2.75 bits per heavy atom. The van der Waals surface area contributed by atoms with Crippen LogP contribution in [0.25, 0.3) is 22.4 Å². The van der Waals surface area contributed by atoms with Gasteiger partial charge >= 0.3 is 0 Å². The number of anilines is 1. The molecule has 0 atom stereocenters. The summed E-state index contributed by atoms with van der Waals surface area (Å²) >= 11 is 0. The number of rotatable bonds is 1. The number of aryl methyl sites for hydroxylation is 2. The highest BCUT2D eigenvalue weighted by Crippen LogP contribution is 2.30. The largest absolute Gasteiger partial charge is 0.384 e. The smallest absolute Gasteiger partial charge is 0.140 e. The number of aromatic nitrogens is 2. The zero-order valence-corrected chi connectivity index (χ0v) is 11.8. The van der Waals surface area contributed by atoms with Crippen molar-refractivity contribution in [1.82, 2.24) is 9.55 Å². The molecule has 0 fully saturated rings. The van der Waals surface area contributed by atoms with E-state index < -0.39 is 0 Å². The Morgan fingerprint density at radius 1 is 1.15 bits per heavy atom. The molecule has 1 aromatic heterocycles. The predicted octanol–water partition coefficient (Wildman–Crippen LogP) is 3.52. The van der Waals surface area contributed by atoms with E-state index >= 15 is 0 Å². The van der Waals surface area contributed by atoms with Gasteiger partial charge < -0.3 is 9.88 Å². The first-order valence-corrected chi connectivity index (χ1v) is 7.02. The number of hydrogen-bond donors (Lipinski definition) is 1. The number of fused-ring (bicyclic) bond motifs is 2. The van der Waals surface area contributed by atoms with Crippen molar-refractivity contribution < 1.29 is 0 Å². The minimum Gasteiger partial charge on any atom is -0.384 e. The quantitative estimate of drug-likeness (QED) is 0.728. The van der Waals surface area contributed by atoms with E-state index in [4.69, 9.17) is 4.98 Å². The molecule has 1 N–H and O–H groups in total. The first-order valence-electron chi connectivity index (χ1n) is 7.02. The molecule has 2 aromatic carbocycles. The van der Waals surface area contributed by atoms with Crippen molar-refractivity contribution >= 4 is 16.7 Å². The standard InChI is InChI=1S/C17H17N3/c1-11-3-5-12(6-4-11)17-19-15-10-14-13(7-8-18-14)9-16(15)20(17)2/h3-6,9-10,18H,7-8H2,1-2H3.